The SMILES string of the molecule is CC1(C)c2ccccc2-c2c(N(c3ccc(-c4ccccc4)cc3)c3cc4c5ccccc5[se]c4c4c3ccc3ccccc34)cccc21. The summed E-state index contributed by atoms with van der Waals surface area (Å²) in [6.07, 6.45) is 0. The molecule has 1 aliphatic carbocycles. The van der Waals surface area contributed by atoms with Crippen molar-refractivity contribution < 1.29 is 0 Å². The Morgan fingerprint density at radius 3 is 2.04 bits per heavy atom. The van der Waals surface area contributed by atoms with Crippen LogP contribution in [0.3, 0.4) is 0 Å². The fraction of sp³-hybridized carbons (Fsp3) is 0.0638. The molecule has 49 heavy (non-hydrogen) atoms. The number of hydrogen-bond acceptors (Lipinski definition) is 1. The van der Waals surface area contributed by atoms with Gasteiger partial charge in [-0.3, -0.25) is 0 Å². The zero-order valence-corrected chi connectivity index (χ0v) is 29.2. The van der Waals surface area contributed by atoms with Gasteiger partial charge in [0, 0.05) is 0 Å². The molecule has 0 fully saturated rings. The van der Waals surface area contributed by atoms with Gasteiger partial charge in [-0.05, 0) is 0 Å². The van der Waals surface area contributed by atoms with Crippen LogP contribution in [0.5, 0.6) is 0 Å². The van der Waals surface area contributed by atoms with E-state index < -0.39 is 0 Å². The van der Waals surface area contributed by atoms with Gasteiger partial charge in [-0.2, -0.15) is 0 Å². The van der Waals surface area contributed by atoms with Crippen LogP contribution in [-0.4, -0.2) is 14.5 Å². The van der Waals surface area contributed by atoms with Gasteiger partial charge in [-0.1, -0.05) is 6.07 Å². The molecule has 1 aromatic heterocycles. The molecule has 0 atom stereocenters. The molecule has 10 rings (SSSR count). The van der Waals surface area contributed by atoms with Crippen molar-refractivity contribution in [3.05, 3.63) is 175 Å². The topological polar surface area (TPSA) is 3.24 Å². The Hall–Kier alpha value is -5.40. The monoisotopic (exact) mass is 691 g/mol. The Morgan fingerprint density at radius 2 is 1.18 bits per heavy atom. The normalized spacial score (nSPS) is 13.3. The van der Waals surface area contributed by atoms with Crippen LogP contribution in [0.4, 0.5) is 17.1 Å². The molecule has 0 amide bonds. The molecule has 232 valence electrons. The van der Waals surface area contributed by atoms with Crippen molar-refractivity contribution in [1.82, 2.24) is 0 Å². The van der Waals surface area contributed by atoms with Gasteiger partial charge in [0.05, 0.1) is 0 Å². The van der Waals surface area contributed by atoms with Crippen LogP contribution < -0.4 is 4.90 Å². The van der Waals surface area contributed by atoms with Gasteiger partial charge < -0.3 is 0 Å². The zero-order chi connectivity index (χ0) is 32.7. The second kappa shape index (κ2) is 10.8. The van der Waals surface area contributed by atoms with Crippen LogP contribution in [0, 0.1) is 0 Å². The predicted octanol–water partition coefficient (Wildman–Crippen LogP) is 12.8. The summed E-state index contributed by atoms with van der Waals surface area (Å²) in [7, 11) is 0. The van der Waals surface area contributed by atoms with Crippen molar-refractivity contribution in [2.24, 2.45) is 0 Å². The van der Waals surface area contributed by atoms with E-state index in [0.29, 0.717) is 0 Å². The summed E-state index contributed by atoms with van der Waals surface area (Å²) >= 11 is 0.228. The van der Waals surface area contributed by atoms with Crippen molar-refractivity contribution in [1.29, 1.82) is 0 Å². The summed E-state index contributed by atoms with van der Waals surface area (Å²) < 4.78 is 2.96. The summed E-state index contributed by atoms with van der Waals surface area (Å²) in [5, 5.41) is 8.04. The first kappa shape index (κ1) is 28.6. The molecule has 2 heteroatoms. The van der Waals surface area contributed by atoms with E-state index in [0.717, 1.165) is 5.69 Å². The summed E-state index contributed by atoms with van der Waals surface area (Å²) in [5.74, 6) is 0. The molecule has 0 spiro atoms. The first-order chi connectivity index (χ1) is 24.1. The van der Waals surface area contributed by atoms with E-state index in [1.807, 2.05) is 0 Å². The Balaban J connectivity index is 1.33. The fourth-order valence-electron chi connectivity index (χ4n) is 8.29. The van der Waals surface area contributed by atoms with Crippen molar-refractivity contribution in [3.8, 4) is 22.3 Å². The molecule has 8 aromatic carbocycles. The Bertz CT molecular complexity index is 2730. The van der Waals surface area contributed by atoms with Crippen molar-refractivity contribution >= 4 is 72.4 Å². The number of benzene rings is 8. The van der Waals surface area contributed by atoms with Crippen molar-refractivity contribution in [2.45, 2.75) is 19.3 Å². The third kappa shape index (κ3) is 4.25. The number of fused-ring (bicyclic) bond motifs is 10. The molecule has 0 radical (unpaired) electrons. The number of hydrogen-bond donors (Lipinski definition) is 0. The average molecular weight is 691 g/mol. The average Bonchev–Trinajstić information content (AvgIpc) is 3.64. The van der Waals surface area contributed by atoms with Crippen LogP contribution in [0.15, 0.2) is 164 Å². The summed E-state index contributed by atoms with van der Waals surface area (Å²) in [6.45, 7) is 4.74. The molecular weight excluding hydrogens is 657 g/mol. The Kier molecular flexibility index (Phi) is 6.31. The summed E-state index contributed by atoms with van der Waals surface area (Å²) in [5.41, 5.74) is 11.4. The fourth-order valence-corrected chi connectivity index (χ4v) is 10.9. The minimum absolute atomic E-state index is 0.0948. The van der Waals surface area contributed by atoms with Gasteiger partial charge >= 0.3 is 288 Å². The van der Waals surface area contributed by atoms with Crippen LogP contribution in [0.1, 0.15) is 25.0 Å². The second-order valence-electron chi connectivity index (χ2n) is 13.7. The predicted molar refractivity (Wildman–Crippen MR) is 211 cm³/mol. The molecule has 0 aliphatic heterocycles. The number of rotatable bonds is 4. The first-order valence-electron chi connectivity index (χ1n) is 17.0. The maximum absolute atomic E-state index is 2.55. The molecular formula is C47H33NSe. The zero-order valence-electron chi connectivity index (χ0n) is 27.4. The molecule has 1 nitrogen and oxygen atoms in total. The van der Waals surface area contributed by atoms with Crippen LogP contribution in [0.25, 0.3) is 63.1 Å². The van der Waals surface area contributed by atoms with E-state index in [1.54, 1.807) is 0 Å². The van der Waals surface area contributed by atoms with Crippen LogP contribution >= 0.6 is 0 Å². The first-order valence-corrected chi connectivity index (χ1v) is 18.7. The molecule has 1 aliphatic rings. The minimum atomic E-state index is -0.0948. The third-order valence-electron chi connectivity index (χ3n) is 10.6. The molecule has 9 aromatic rings. The van der Waals surface area contributed by atoms with E-state index in [2.05, 4.69) is 183 Å². The van der Waals surface area contributed by atoms with E-state index in [4.69, 9.17) is 0 Å². The van der Waals surface area contributed by atoms with Gasteiger partial charge in [0.25, 0.3) is 0 Å². The molecule has 1 heterocycles. The van der Waals surface area contributed by atoms with E-state index in [-0.39, 0.29) is 19.9 Å². The summed E-state index contributed by atoms with van der Waals surface area (Å²) in [4.78, 5) is 2.55. The van der Waals surface area contributed by atoms with Gasteiger partial charge in [-0.15, -0.1) is 0 Å². The second-order valence-corrected chi connectivity index (χ2v) is 15.9. The third-order valence-corrected chi connectivity index (χ3v) is 13.2. The molecule has 0 bridgehead atoms. The molecule has 0 saturated heterocycles. The maximum atomic E-state index is 2.55. The van der Waals surface area contributed by atoms with E-state index in [1.165, 1.54) is 85.6 Å². The molecule has 0 unspecified atom stereocenters. The number of nitrogens with zero attached hydrogens (tertiary/aromatic N) is 1. The van der Waals surface area contributed by atoms with Crippen molar-refractivity contribution in [3.63, 3.8) is 0 Å². The molecule has 0 saturated carbocycles. The van der Waals surface area contributed by atoms with Gasteiger partial charge in [-0.25, -0.2) is 0 Å². The molecule has 0 N–H and O–H groups in total. The Morgan fingerprint density at radius 1 is 0.490 bits per heavy atom. The van der Waals surface area contributed by atoms with Gasteiger partial charge in [0.15, 0.2) is 0 Å². The summed E-state index contributed by atoms with van der Waals surface area (Å²) in [6, 6.07) is 60.9. The number of anilines is 3. The standard InChI is InChI=1S/C47H33NSe/c1-47(2)39-19-10-8-18-36(39)45-40(47)20-12-21-41(45)48(33-26-23-31(24-27-33)30-13-4-3-5-14-30)42-29-38-35-17-9-11-22-43(35)49-46(38)44-34-16-7-6-15-32(34)25-28-37(42)44/h3-29H,1-2H3. The Labute approximate surface area is 292 Å². The van der Waals surface area contributed by atoms with Crippen LogP contribution in [-0.2, 0) is 5.41 Å². The van der Waals surface area contributed by atoms with E-state index >= 15 is 0 Å². The van der Waals surface area contributed by atoms with Gasteiger partial charge in [0.1, 0.15) is 0 Å². The van der Waals surface area contributed by atoms with Crippen LogP contribution in [0.2, 0.25) is 0 Å². The quantitative estimate of drug-likeness (QED) is 0.131. The van der Waals surface area contributed by atoms with Gasteiger partial charge in [0.2, 0.25) is 0 Å². The van der Waals surface area contributed by atoms with E-state index in [9.17, 15) is 0 Å². The van der Waals surface area contributed by atoms with Crippen molar-refractivity contribution in [2.75, 3.05) is 4.90 Å².